The van der Waals surface area contributed by atoms with E-state index >= 15 is 0 Å². The average molecular weight is 400 g/mol. The van der Waals surface area contributed by atoms with E-state index in [1.54, 1.807) is 0 Å². The third-order valence-electron chi connectivity index (χ3n) is 4.17. The summed E-state index contributed by atoms with van der Waals surface area (Å²) in [5.41, 5.74) is 1.22. The van der Waals surface area contributed by atoms with E-state index in [9.17, 15) is 13.5 Å². The first-order valence-corrected chi connectivity index (χ1v) is 10.4. The first-order valence-electron chi connectivity index (χ1n) is 8.95. The normalized spacial score (nSPS) is 11.0. The van der Waals surface area contributed by atoms with E-state index in [2.05, 4.69) is 6.92 Å². The van der Waals surface area contributed by atoms with Crippen LogP contribution < -0.4 is 39.4 Å². The molecule has 0 spiro atoms. The van der Waals surface area contributed by atoms with E-state index in [4.69, 9.17) is 9.29 Å². The summed E-state index contributed by atoms with van der Waals surface area (Å²) in [7, 11) is -4.57. The van der Waals surface area contributed by atoms with Crippen molar-refractivity contribution in [1.29, 1.82) is 0 Å². The molecule has 1 N–H and O–H groups in total. The SMILES string of the molecule is CCCCCCCCc1ccc(Oc2ccc([O-])c(S(=O)(=O)O)c2)cc1.[Na+]. The molecule has 0 aromatic heterocycles. The van der Waals surface area contributed by atoms with Crippen LogP contribution in [0, 0.1) is 0 Å². The van der Waals surface area contributed by atoms with Gasteiger partial charge < -0.3 is 9.84 Å². The Bertz CT molecular complexity index is 804. The van der Waals surface area contributed by atoms with E-state index < -0.39 is 20.8 Å². The molecule has 0 heterocycles. The van der Waals surface area contributed by atoms with Crippen LogP contribution in [0.15, 0.2) is 47.4 Å². The number of benzene rings is 2. The maximum absolute atomic E-state index is 11.5. The zero-order valence-corrected chi connectivity index (χ0v) is 18.8. The molecular formula is C20H25NaO5S. The molecule has 0 fully saturated rings. The van der Waals surface area contributed by atoms with Gasteiger partial charge in [-0.2, -0.15) is 8.42 Å². The van der Waals surface area contributed by atoms with Crippen molar-refractivity contribution in [1.82, 2.24) is 0 Å². The van der Waals surface area contributed by atoms with Gasteiger partial charge in [0.15, 0.2) is 0 Å². The molecule has 0 radical (unpaired) electrons. The molecule has 142 valence electrons. The van der Waals surface area contributed by atoms with Gasteiger partial charge in [-0.3, -0.25) is 4.55 Å². The van der Waals surface area contributed by atoms with Gasteiger partial charge in [0.25, 0.3) is 10.1 Å². The van der Waals surface area contributed by atoms with Gasteiger partial charge in [0.05, 0.1) is 4.90 Å². The minimum Gasteiger partial charge on any atom is -0.872 e. The van der Waals surface area contributed by atoms with E-state index in [-0.39, 0.29) is 35.3 Å². The van der Waals surface area contributed by atoms with Gasteiger partial charge in [0, 0.05) is 6.07 Å². The van der Waals surface area contributed by atoms with Gasteiger partial charge in [0.1, 0.15) is 11.5 Å². The summed E-state index contributed by atoms with van der Waals surface area (Å²) in [4.78, 5) is -0.685. The molecule has 2 aromatic carbocycles. The Morgan fingerprint density at radius 1 is 0.926 bits per heavy atom. The van der Waals surface area contributed by atoms with Crippen molar-refractivity contribution in [2.24, 2.45) is 0 Å². The third-order valence-corrected chi connectivity index (χ3v) is 5.05. The molecule has 0 atom stereocenters. The summed E-state index contributed by atoms with van der Waals surface area (Å²) in [6.45, 7) is 2.21. The second kappa shape index (κ2) is 11.7. The van der Waals surface area contributed by atoms with Gasteiger partial charge in [-0.15, -0.1) is 0 Å². The maximum Gasteiger partial charge on any atom is 1.00 e. The minimum absolute atomic E-state index is 0. The third kappa shape index (κ3) is 8.23. The number of unbranched alkanes of at least 4 members (excludes halogenated alkanes) is 5. The summed E-state index contributed by atoms with van der Waals surface area (Å²) in [6, 6.07) is 11.0. The summed E-state index contributed by atoms with van der Waals surface area (Å²) in [6.07, 6.45) is 8.55. The zero-order valence-electron chi connectivity index (χ0n) is 16.0. The minimum atomic E-state index is -4.57. The van der Waals surface area contributed by atoms with Crippen LogP contribution in [0.5, 0.6) is 17.2 Å². The Kier molecular flexibility index (Phi) is 10.4. The Hall–Kier alpha value is -1.05. The zero-order chi connectivity index (χ0) is 19.0. The average Bonchev–Trinajstić information content (AvgIpc) is 2.60. The molecule has 0 aliphatic rings. The quantitative estimate of drug-likeness (QED) is 0.373. The van der Waals surface area contributed by atoms with Crippen LogP contribution in [0.1, 0.15) is 51.0 Å². The van der Waals surface area contributed by atoms with Gasteiger partial charge in [-0.25, -0.2) is 0 Å². The fourth-order valence-electron chi connectivity index (χ4n) is 2.72. The van der Waals surface area contributed by atoms with E-state index in [0.29, 0.717) is 5.75 Å². The molecule has 2 rings (SSSR count). The Balaban J connectivity index is 0.00000364. The van der Waals surface area contributed by atoms with Crippen molar-refractivity contribution in [2.45, 2.75) is 56.8 Å². The standard InChI is InChI=1S/C20H26O5S.Na/c1-2-3-4-5-6-7-8-16-9-11-17(12-10-16)25-18-13-14-19(21)20(15-18)26(22,23)24;/h9-15,21H,2-8H2,1H3,(H,22,23,24);/q;+1/p-1. The molecule has 27 heavy (non-hydrogen) atoms. The van der Waals surface area contributed by atoms with Crippen LogP contribution in [0.4, 0.5) is 0 Å². The van der Waals surface area contributed by atoms with Crippen molar-refractivity contribution >= 4 is 10.1 Å². The van der Waals surface area contributed by atoms with Crippen LogP contribution in [0.2, 0.25) is 0 Å². The molecule has 0 bridgehead atoms. The second-order valence-electron chi connectivity index (χ2n) is 6.35. The van der Waals surface area contributed by atoms with Gasteiger partial charge >= 0.3 is 29.6 Å². The molecule has 5 nitrogen and oxygen atoms in total. The molecule has 7 heteroatoms. The molecule has 0 saturated heterocycles. The maximum atomic E-state index is 11.5. The predicted molar refractivity (Wildman–Crippen MR) is 99.3 cm³/mol. The van der Waals surface area contributed by atoms with Crippen molar-refractivity contribution in [2.75, 3.05) is 0 Å². The molecule has 0 unspecified atom stereocenters. The topological polar surface area (TPSA) is 86.7 Å². The van der Waals surface area contributed by atoms with Crippen LogP contribution in [0.3, 0.4) is 0 Å². The number of hydrogen-bond acceptors (Lipinski definition) is 4. The van der Waals surface area contributed by atoms with E-state index in [0.717, 1.165) is 25.0 Å². The summed E-state index contributed by atoms with van der Waals surface area (Å²) in [5.74, 6) is -0.0494. The largest absolute Gasteiger partial charge is 1.00 e. The van der Waals surface area contributed by atoms with Crippen LogP contribution >= 0.6 is 0 Å². The van der Waals surface area contributed by atoms with Gasteiger partial charge in [0.2, 0.25) is 0 Å². The van der Waals surface area contributed by atoms with Crippen molar-refractivity contribution in [3.05, 3.63) is 48.0 Å². The number of aryl methyl sites for hydroxylation is 1. The van der Waals surface area contributed by atoms with Crippen molar-refractivity contribution in [3.63, 3.8) is 0 Å². The van der Waals surface area contributed by atoms with Gasteiger partial charge in [-0.05, 0) is 36.6 Å². The van der Waals surface area contributed by atoms with Crippen molar-refractivity contribution < 1.29 is 52.4 Å². The first-order chi connectivity index (χ1) is 12.4. The van der Waals surface area contributed by atoms with Crippen LogP contribution in [-0.2, 0) is 16.5 Å². The molecule has 0 aliphatic heterocycles. The molecule has 0 aliphatic carbocycles. The van der Waals surface area contributed by atoms with Gasteiger partial charge in [-0.1, -0.05) is 63.0 Å². The fourth-order valence-corrected chi connectivity index (χ4v) is 3.31. The molecule has 2 aromatic rings. The number of ether oxygens (including phenoxy) is 1. The van der Waals surface area contributed by atoms with E-state index in [1.807, 2.05) is 24.3 Å². The van der Waals surface area contributed by atoms with E-state index in [1.165, 1.54) is 43.7 Å². The molecule has 0 amide bonds. The Labute approximate surface area is 183 Å². The van der Waals surface area contributed by atoms with Crippen LogP contribution in [0.25, 0.3) is 0 Å². The predicted octanol–water partition coefficient (Wildman–Crippen LogP) is 1.71. The number of hydrogen-bond donors (Lipinski definition) is 1. The monoisotopic (exact) mass is 400 g/mol. The summed E-state index contributed by atoms with van der Waals surface area (Å²) < 4.78 is 37.0. The first kappa shape index (κ1) is 24.0. The van der Waals surface area contributed by atoms with Crippen molar-refractivity contribution in [3.8, 4) is 17.2 Å². The summed E-state index contributed by atoms with van der Waals surface area (Å²) >= 11 is 0. The Morgan fingerprint density at radius 2 is 1.52 bits per heavy atom. The Morgan fingerprint density at radius 3 is 2.15 bits per heavy atom. The van der Waals surface area contributed by atoms with Crippen LogP contribution in [-0.4, -0.2) is 13.0 Å². The summed E-state index contributed by atoms with van der Waals surface area (Å²) in [5, 5.41) is 11.5. The smallest absolute Gasteiger partial charge is 0.872 e. The molecular weight excluding hydrogens is 375 g/mol. The molecule has 0 saturated carbocycles. The fraction of sp³-hybridized carbons (Fsp3) is 0.400. The number of rotatable bonds is 10. The second-order valence-corrected chi connectivity index (χ2v) is 7.74.